The van der Waals surface area contributed by atoms with Crippen molar-refractivity contribution in [3.8, 4) is 22.6 Å². The molecule has 1 N–H and O–H groups in total. The van der Waals surface area contributed by atoms with Crippen LogP contribution in [0.15, 0.2) is 79.6 Å². The minimum absolute atomic E-state index is 0.265. The number of nitrogens with zero attached hydrogens (tertiary/aromatic N) is 6. The first-order valence-corrected chi connectivity index (χ1v) is 12.9. The predicted octanol–water partition coefficient (Wildman–Crippen LogP) is 4.86. The third kappa shape index (κ3) is 5.87. The van der Waals surface area contributed by atoms with Crippen molar-refractivity contribution in [2.45, 2.75) is 6.42 Å². The highest BCUT2D eigenvalue weighted by Gasteiger charge is 2.12. The first-order chi connectivity index (χ1) is 19.2. The van der Waals surface area contributed by atoms with Gasteiger partial charge in [-0.1, -0.05) is 12.1 Å². The lowest BCUT2D eigenvalue weighted by Gasteiger charge is -2.26. The molecule has 5 aromatic rings. The predicted molar refractivity (Wildman–Crippen MR) is 147 cm³/mol. The van der Waals surface area contributed by atoms with Crippen LogP contribution in [0.1, 0.15) is 6.42 Å². The number of halogens is 1. The summed E-state index contributed by atoms with van der Waals surface area (Å²) in [5.74, 6) is 0.548. The van der Waals surface area contributed by atoms with Crippen LogP contribution in [0.4, 0.5) is 15.9 Å². The quantitative estimate of drug-likeness (QED) is 0.273. The molecular formula is C29H28FN7O2. The van der Waals surface area contributed by atoms with Crippen molar-refractivity contribution in [1.82, 2.24) is 29.6 Å². The highest BCUT2D eigenvalue weighted by molar-refractivity contribution is 5.93. The topological polar surface area (TPSA) is 90.2 Å². The number of fused-ring (bicyclic) bond motifs is 1. The van der Waals surface area contributed by atoms with Gasteiger partial charge in [-0.25, -0.2) is 24.0 Å². The molecule has 0 aliphatic carbocycles. The minimum atomic E-state index is -0.380. The van der Waals surface area contributed by atoms with Crippen molar-refractivity contribution < 1.29 is 13.9 Å². The van der Waals surface area contributed by atoms with Crippen molar-refractivity contribution in [2.24, 2.45) is 0 Å². The number of morpholine rings is 1. The maximum atomic E-state index is 14.9. The fraction of sp³-hybridized carbons (Fsp3) is 0.241. The summed E-state index contributed by atoms with van der Waals surface area (Å²) in [4.78, 5) is 15.2. The molecule has 0 radical (unpaired) electrons. The molecule has 0 unspecified atom stereocenters. The van der Waals surface area contributed by atoms with E-state index in [-0.39, 0.29) is 11.6 Å². The molecule has 9 nitrogen and oxygen atoms in total. The van der Waals surface area contributed by atoms with Gasteiger partial charge in [0.05, 0.1) is 31.0 Å². The van der Waals surface area contributed by atoms with Crippen LogP contribution in [0.2, 0.25) is 0 Å². The van der Waals surface area contributed by atoms with E-state index in [1.807, 2.05) is 48.5 Å². The largest absolute Gasteiger partial charge is 0.490 e. The molecule has 1 aliphatic rings. The average molecular weight is 526 g/mol. The molecule has 3 aromatic carbocycles. The van der Waals surface area contributed by atoms with Crippen LogP contribution in [0.5, 0.6) is 5.75 Å². The zero-order chi connectivity index (χ0) is 26.4. The van der Waals surface area contributed by atoms with Gasteiger partial charge in [-0.15, -0.1) is 0 Å². The number of aromatic nitrogens is 5. The molecule has 198 valence electrons. The molecule has 2 aromatic heterocycles. The molecule has 0 bridgehead atoms. The van der Waals surface area contributed by atoms with Gasteiger partial charge in [0.15, 0.2) is 11.6 Å². The van der Waals surface area contributed by atoms with Crippen LogP contribution in [-0.4, -0.2) is 69.1 Å². The van der Waals surface area contributed by atoms with Crippen LogP contribution in [0.3, 0.4) is 0 Å². The Morgan fingerprint density at radius 2 is 1.74 bits per heavy atom. The maximum absolute atomic E-state index is 14.9. The summed E-state index contributed by atoms with van der Waals surface area (Å²) in [5, 5.41) is 8.35. The van der Waals surface area contributed by atoms with Crippen molar-refractivity contribution in [3.63, 3.8) is 0 Å². The molecule has 10 heteroatoms. The lowest BCUT2D eigenvalue weighted by atomic mass is 10.0. The second-order valence-corrected chi connectivity index (χ2v) is 9.27. The van der Waals surface area contributed by atoms with Crippen LogP contribution in [0, 0.1) is 5.82 Å². The molecule has 1 saturated heterocycles. The van der Waals surface area contributed by atoms with E-state index in [4.69, 9.17) is 9.47 Å². The number of rotatable bonds is 9. The van der Waals surface area contributed by atoms with Gasteiger partial charge in [-0.05, 0) is 66.1 Å². The highest BCUT2D eigenvalue weighted by Crippen LogP contribution is 2.31. The zero-order valence-corrected chi connectivity index (χ0v) is 21.3. The summed E-state index contributed by atoms with van der Waals surface area (Å²) in [6.07, 6.45) is 5.51. The lowest BCUT2D eigenvalue weighted by molar-refractivity contribution is 0.0357. The number of hydrogen-bond acceptors (Lipinski definition) is 8. The number of benzene rings is 3. The van der Waals surface area contributed by atoms with E-state index in [1.165, 1.54) is 18.7 Å². The minimum Gasteiger partial charge on any atom is -0.490 e. The van der Waals surface area contributed by atoms with Gasteiger partial charge in [0.25, 0.3) is 0 Å². The average Bonchev–Trinajstić information content (AvgIpc) is 3.52. The van der Waals surface area contributed by atoms with E-state index in [9.17, 15) is 4.39 Å². The number of hydrogen-bond donors (Lipinski definition) is 1. The molecule has 3 heterocycles. The van der Waals surface area contributed by atoms with Gasteiger partial charge in [-0.2, -0.15) is 5.10 Å². The molecular weight excluding hydrogens is 497 g/mol. The normalized spacial score (nSPS) is 14.0. The maximum Gasteiger partial charge on any atom is 0.165 e. The fourth-order valence-electron chi connectivity index (χ4n) is 4.60. The number of nitrogens with one attached hydrogen (secondary N) is 1. The molecule has 6 rings (SSSR count). The third-order valence-electron chi connectivity index (χ3n) is 6.69. The van der Waals surface area contributed by atoms with Crippen LogP contribution in [-0.2, 0) is 4.74 Å². The Bertz CT molecular complexity index is 1540. The molecule has 0 amide bonds. The number of anilines is 2. The van der Waals surface area contributed by atoms with Gasteiger partial charge >= 0.3 is 0 Å². The van der Waals surface area contributed by atoms with Crippen molar-refractivity contribution in [2.75, 3.05) is 44.8 Å². The first-order valence-electron chi connectivity index (χ1n) is 12.9. The summed E-state index contributed by atoms with van der Waals surface area (Å²) in [6, 6.07) is 18.7. The Hall–Kier alpha value is -4.41. The fourth-order valence-corrected chi connectivity index (χ4v) is 4.60. The first kappa shape index (κ1) is 24.9. The summed E-state index contributed by atoms with van der Waals surface area (Å²) in [6.45, 7) is 4.81. The van der Waals surface area contributed by atoms with Gasteiger partial charge in [0, 0.05) is 30.7 Å². The Labute approximate surface area is 225 Å². The summed E-state index contributed by atoms with van der Waals surface area (Å²) >= 11 is 0. The lowest BCUT2D eigenvalue weighted by Crippen LogP contribution is -2.37. The summed E-state index contributed by atoms with van der Waals surface area (Å²) < 4.78 is 27.7. The van der Waals surface area contributed by atoms with Gasteiger partial charge in [0.1, 0.15) is 24.8 Å². The van der Waals surface area contributed by atoms with Crippen LogP contribution >= 0.6 is 0 Å². The van der Waals surface area contributed by atoms with E-state index in [1.54, 1.807) is 17.1 Å². The van der Waals surface area contributed by atoms with E-state index in [2.05, 4.69) is 30.3 Å². The Balaban J connectivity index is 1.15. The van der Waals surface area contributed by atoms with E-state index in [0.717, 1.165) is 72.7 Å². The Kier molecular flexibility index (Phi) is 7.37. The zero-order valence-electron chi connectivity index (χ0n) is 21.3. The second-order valence-electron chi connectivity index (χ2n) is 9.27. The van der Waals surface area contributed by atoms with E-state index in [0.29, 0.717) is 12.4 Å². The SMILES string of the molecule is Fc1cc(-c2ccc3ncnc(Nc4ccc(-n5cncn5)cc4)c3c2)ccc1OCCCN1CCOCC1. The molecule has 0 spiro atoms. The van der Waals surface area contributed by atoms with Gasteiger partial charge in [-0.3, -0.25) is 4.90 Å². The number of ether oxygens (including phenoxy) is 2. The van der Waals surface area contributed by atoms with Crippen molar-refractivity contribution in [1.29, 1.82) is 0 Å². The molecule has 0 atom stereocenters. The van der Waals surface area contributed by atoms with E-state index < -0.39 is 0 Å². The molecule has 1 aliphatic heterocycles. The Morgan fingerprint density at radius 3 is 2.54 bits per heavy atom. The van der Waals surface area contributed by atoms with Crippen LogP contribution < -0.4 is 10.1 Å². The molecule has 39 heavy (non-hydrogen) atoms. The summed E-state index contributed by atoms with van der Waals surface area (Å²) in [5.41, 5.74) is 4.17. The van der Waals surface area contributed by atoms with Crippen LogP contribution in [0.25, 0.3) is 27.7 Å². The van der Waals surface area contributed by atoms with Crippen molar-refractivity contribution in [3.05, 3.63) is 85.5 Å². The third-order valence-corrected chi connectivity index (χ3v) is 6.69. The monoisotopic (exact) mass is 525 g/mol. The Morgan fingerprint density at radius 1 is 0.923 bits per heavy atom. The van der Waals surface area contributed by atoms with Crippen molar-refractivity contribution >= 4 is 22.4 Å². The molecule has 1 fully saturated rings. The van der Waals surface area contributed by atoms with E-state index >= 15 is 0 Å². The smallest absolute Gasteiger partial charge is 0.165 e. The highest BCUT2D eigenvalue weighted by atomic mass is 19.1. The second kappa shape index (κ2) is 11.5. The standard InChI is InChI=1S/C29H28FN7O2/c30-26-17-22(3-9-28(26)39-13-1-10-36-11-14-38-15-12-36)21-2-8-27-25(16-21)29(33-19-32-27)35-23-4-6-24(7-5-23)37-20-31-18-34-37/h2-9,16-20H,1,10-15H2,(H,32,33,35). The van der Waals surface area contributed by atoms with Gasteiger partial charge < -0.3 is 14.8 Å². The molecule has 0 saturated carbocycles. The van der Waals surface area contributed by atoms with Gasteiger partial charge in [0.2, 0.25) is 0 Å². The summed E-state index contributed by atoms with van der Waals surface area (Å²) in [7, 11) is 0.